The minimum Gasteiger partial charge on any atom is -0.484 e. The van der Waals surface area contributed by atoms with Gasteiger partial charge in [0.15, 0.2) is 6.61 Å². The lowest BCUT2D eigenvalue weighted by atomic mass is 10.1. The molecule has 184 valence electrons. The molecule has 3 aromatic rings. The smallest absolute Gasteiger partial charge is 0.422 e. The van der Waals surface area contributed by atoms with Gasteiger partial charge in [-0.3, -0.25) is 19.9 Å². The average Bonchev–Trinajstić information content (AvgIpc) is 2.80. The minimum atomic E-state index is -4.63. The second-order valence-electron chi connectivity index (χ2n) is 7.15. The van der Waals surface area contributed by atoms with E-state index in [1.165, 1.54) is 18.2 Å². The Labute approximate surface area is 193 Å². The highest BCUT2D eigenvalue weighted by Crippen LogP contribution is 2.33. The fourth-order valence-corrected chi connectivity index (χ4v) is 3.00. The summed E-state index contributed by atoms with van der Waals surface area (Å²) in [7, 11) is 0. The number of carbonyl (C=O) groups excluding carboxylic acids is 1. The highest BCUT2D eigenvalue weighted by molar-refractivity contribution is 5.95. The Bertz CT molecular complexity index is 1240. The number of aromatic nitrogens is 1. The second-order valence-corrected chi connectivity index (χ2v) is 7.15. The zero-order valence-electron chi connectivity index (χ0n) is 17.5. The van der Waals surface area contributed by atoms with Gasteiger partial charge in [0.25, 0.3) is 11.6 Å². The monoisotopic (exact) mass is 499 g/mol. The molecule has 0 aliphatic heterocycles. The SMILES string of the molecule is O=C(NCc1cccc(C(F)(F)F)c1)c1ccnc(-c2cc(OCC(F)(F)F)ccc2[N+](=O)[O-])c1. The maximum atomic E-state index is 12.9. The number of benzene rings is 2. The van der Waals surface area contributed by atoms with E-state index in [2.05, 4.69) is 15.0 Å². The van der Waals surface area contributed by atoms with Crippen molar-refractivity contribution in [3.05, 3.63) is 87.6 Å². The van der Waals surface area contributed by atoms with Crippen LogP contribution in [0.2, 0.25) is 0 Å². The molecule has 0 bridgehead atoms. The van der Waals surface area contributed by atoms with Crippen LogP contribution in [-0.2, 0) is 12.7 Å². The number of pyridine rings is 1. The molecule has 0 unspecified atom stereocenters. The molecule has 0 saturated carbocycles. The summed E-state index contributed by atoms with van der Waals surface area (Å²) in [6.07, 6.45) is -8.02. The number of amides is 1. The van der Waals surface area contributed by atoms with Gasteiger partial charge < -0.3 is 10.1 Å². The van der Waals surface area contributed by atoms with Crippen LogP contribution >= 0.6 is 0 Å². The number of hydrogen-bond acceptors (Lipinski definition) is 5. The van der Waals surface area contributed by atoms with E-state index in [0.29, 0.717) is 0 Å². The normalized spacial score (nSPS) is 11.7. The van der Waals surface area contributed by atoms with Crippen molar-refractivity contribution < 1.29 is 40.8 Å². The predicted molar refractivity (Wildman–Crippen MR) is 110 cm³/mol. The molecule has 0 fully saturated rings. The summed E-state index contributed by atoms with van der Waals surface area (Å²) >= 11 is 0. The summed E-state index contributed by atoms with van der Waals surface area (Å²) in [6.45, 7) is -1.85. The standard InChI is InChI=1S/C22H15F6N3O4/c23-21(24,25)12-35-16-4-5-19(31(33)34)17(10-16)18-9-14(6-7-29-18)20(32)30-11-13-2-1-3-15(8-13)22(26,27)28/h1-10H,11-12H2,(H,30,32). The predicted octanol–water partition coefficient (Wildman–Crippen LogP) is 5.55. The van der Waals surface area contributed by atoms with E-state index >= 15 is 0 Å². The van der Waals surface area contributed by atoms with Gasteiger partial charge in [-0.1, -0.05) is 12.1 Å². The van der Waals surface area contributed by atoms with E-state index in [4.69, 9.17) is 0 Å². The molecule has 0 aliphatic carbocycles. The zero-order chi connectivity index (χ0) is 25.8. The summed E-state index contributed by atoms with van der Waals surface area (Å²) in [5.41, 5.74) is -1.50. The highest BCUT2D eigenvalue weighted by atomic mass is 19.4. The molecule has 1 heterocycles. The maximum absolute atomic E-state index is 12.9. The minimum absolute atomic E-state index is 0.0297. The van der Waals surface area contributed by atoms with E-state index in [-0.39, 0.29) is 34.7 Å². The molecule has 35 heavy (non-hydrogen) atoms. The maximum Gasteiger partial charge on any atom is 0.422 e. The van der Waals surface area contributed by atoms with Crippen molar-refractivity contribution in [3.63, 3.8) is 0 Å². The third-order valence-corrected chi connectivity index (χ3v) is 4.57. The number of nitrogens with one attached hydrogen (secondary N) is 1. The number of rotatable bonds is 7. The van der Waals surface area contributed by atoms with Gasteiger partial charge in [0.1, 0.15) is 5.75 Å². The fourth-order valence-electron chi connectivity index (χ4n) is 3.00. The molecule has 0 radical (unpaired) electrons. The molecule has 0 atom stereocenters. The van der Waals surface area contributed by atoms with Gasteiger partial charge in [0.2, 0.25) is 0 Å². The lowest BCUT2D eigenvalue weighted by Gasteiger charge is -2.11. The summed E-state index contributed by atoms with van der Waals surface area (Å²) in [5.74, 6) is -1.01. The van der Waals surface area contributed by atoms with Crippen LogP contribution in [0.5, 0.6) is 5.75 Å². The molecular formula is C22H15F6N3O4. The Hall–Kier alpha value is -4.16. The van der Waals surface area contributed by atoms with Crippen molar-refractivity contribution in [2.75, 3.05) is 6.61 Å². The molecule has 7 nitrogen and oxygen atoms in total. The van der Waals surface area contributed by atoms with Gasteiger partial charge in [-0.2, -0.15) is 26.3 Å². The van der Waals surface area contributed by atoms with Gasteiger partial charge >= 0.3 is 12.4 Å². The van der Waals surface area contributed by atoms with Crippen LogP contribution in [0.4, 0.5) is 32.0 Å². The van der Waals surface area contributed by atoms with E-state index in [9.17, 15) is 41.3 Å². The summed E-state index contributed by atoms with van der Waals surface area (Å²) < 4.78 is 80.5. The van der Waals surface area contributed by atoms with Crippen molar-refractivity contribution in [3.8, 4) is 17.0 Å². The Morgan fingerprint density at radius 3 is 2.43 bits per heavy atom. The van der Waals surface area contributed by atoms with Gasteiger partial charge in [-0.15, -0.1) is 0 Å². The van der Waals surface area contributed by atoms with Gasteiger partial charge in [-0.05, 0) is 42.0 Å². The van der Waals surface area contributed by atoms with Crippen molar-refractivity contribution >= 4 is 11.6 Å². The average molecular weight is 499 g/mol. The number of nitro groups is 1. The molecule has 0 saturated heterocycles. The molecule has 2 aromatic carbocycles. The van der Waals surface area contributed by atoms with Crippen molar-refractivity contribution in [1.82, 2.24) is 10.3 Å². The number of alkyl halides is 6. The number of ether oxygens (including phenoxy) is 1. The zero-order valence-corrected chi connectivity index (χ0v) is 17.5. The second kappa shape index (κ2) is 9.99. The van der Waals surface area contributed by atoms with Crippen LogP contribution in [-0.4, -0.2) is 28.6 Å². The Kier molecular flexibility index (Phi) is 7.27. The van der Waals surface area contributed by atoms with Gasteiger partial charge in [0, 0.05) is 24.4 Å². The summed E-state index contributed by atoms with van der Waals surface area (Å²) in [5, 5.41) is 13.8. The molecule has 0 spiro atoms. The largest absolute Gasteiger partial charge is 0.484 e. The quantitative estimate of drug-likeness (QED) is 0.262. The molecular weight excluding hydrogens is 484 g/mol. The van der Waals surface area contributed by atoms with Crippen LogP contribution in [0.15, 0.2) is 60.8 Å². The first-order valence-corrected chi connectivity index (χ1v) is 9.72. The number of carbonyl (C=O) groups is 1. The topological polar surface area (TPSA) is 94.4 Å². The van der Waals surface area contributed by atoms with Crippen molar-refractivity contribution in [2.24, 2.45) is 0 Å². The van der Waals surface area contributed by atoms with E-state index in [0.717, 1.165) is 42.6 Å². The molecule has 0 aliphatic rings. The summed E-state index contributed by atoms with van der Waals surface area (Å²) in [4.78, 5) is 27.1. The molecule has 1 aromatic heterocycles. The molecule has 3 rings (SSSR count). The molecule has 1 N–H and O–H groups in total. The molecule has 1 amide bonds. The number of halogens is 6. The lowest BCUT2D eigenvalue weighted by Crippen LogP contribution is -2.23. The third kappa shape index (κ3) is 6.91. The van der Waals surface area contributed by atoms with E-state index in [1.54, 1.807) is 0 Å². The first kappa shape index (κ1) is 25.5. The van der Waals surface area contributed by atoms with Crippen LogP contribution in [0.3, 0.4) is 0 Å². The Morgan fingerprint density at radius 2 is 1.77 bits per heavy atom. The number of nitro benzene ring substituents is 1. The highest BCUT2D eigenvalue weighted by Gasteiger charge is 2.30. The molecule has 13 heteroatoms. The van der Waals surface area contributed by atoms with Crippen LogP contribution in [0.1, 0.15) is 21.5 Å². The fraction of sp³-hybridized carbons (Fsp3) is 0.182. The van der Waals surface area contributed by atoms with Crippen LogP contribution in [0.25, 0.3) is 11.3 Å². The number of nitrogens with zero attached hydrogens (tertiary/aromatic N) is 2. The lowest BCUT2D eigenvalue weighted by molar-refractivity contribution is -0.384. The van der Waals surface area contributed by atoms with Crippen molar-refractivity contribution in [1.29, 1.82) is 0 Å². The van der Waals surface area contributed by atoms with E-state index in [1.807, 2.05) is 0 Å². The van der Waals surface area contributed by atoms with Crippen LogP contribution in [0, 0.1) is 10.1 Å². The Balaban J connectivity index is 1.83. The number of hydrogen-bond donors (Lipinski definition) is 1. The van der Waals surface area contributed by atoms with Crippen LogP contribution < -0.4 is 10.1 Å². The van der Waals surface area contributed by atoms with Gasteiger partial charge in [0.05, 0.1) is 21.7 Å². The third-order valence-electron chi connectivity index (χ3n) is 4.57. The first-order valence-electron chi connectivity index (χ1n) is 9.72. The van der Waals surface area contributed by atoms with Gasteiger partial charge in [-0.25, -0.2) is 0 Å². The van der Waals surface area contributed by atoms with Crippen molar-refractivity contribution in [2.45, 2.75) is 18.9 Å². The summed E-state index contributed by atoms with van der Waals surface area (Å²) in [6, 6.07) is 9.73. The Morgan fingerprint density at radius 1 is 1.03 bits per heavy atom. The first-order chi connectivity index (χ1) is 16.3. The van der Waals surface area contributed by atoms with E-state index < -0.39 is 41.0 Å².